The van der Waals surface area contributed by atoms with E-state index in [9.17, 15) is 0 Å². The predicted octanol–water partition coefficient (Wildman–Crippen LogP) is 2.46. The summed E-state index contributed by atoms with van der Waals surface area (Å²) < 4.78 is 5.46. The Morgan fingerprint density at radius 3 is 3.25 bits per heavy atom. The first-order valence-corrected chi connectivity index (χ1v) is 7.08. The largest absolute Gasteiger partial charge is 0.449 e. The van der Waals surface area contributed by atoms with Crippen LogP contribution in [-0.4, -0.2) is 28.2 Å². The molecule has 0 aromatic carbocycles. The molecule has 90 valence electrons. The molecular weight excluding hydrogens is 222 g/mol. The molecule has 16 heavy (non-hydrogen) atoms. The Kier molecular flexibility index (Phi) is 4.29. The summed E-state index contributed by atoms with van der Waals surface area (Å²) >= 11 is 2.03. The molecule has 0 bridgehead atoms. The van der Waals surface area contributed by atoms with Crippen molar-refractivity contribution in [3.63, 3.8) is 0 Å². The minimum absolute atomic E-state index is 0.0817. The van der Waals surface area contributed by atoms with Gasteiger partial charge < -0.3 is 9.52 Å². The van der Waals surface area contributed by atoms with Crippen LogP contribution in [0.1, 0.15) is 37.3 Å². The van der Waals surface area contributed by atoms with Crippen LogP contribution in [0.4, 0.5) is 0 Å². The zero-order valence-electron chi connectivity index (χ0n) is 9.69. The molecular formula is C12H19NO2S. The molecule has 1 fully saturated rings. The molecule has 2 heterocycles. The van der Waals surface area contributed by atoms with Crippen LogP contribution in [0.5, 0.6) is 0 Å². The van der Waals surface area contributed by atoms with Crippen molar-refractivity contribution < 1.29 is 9.52 Å². The van der Waals surface area contributed by atoms with Crippen LogP contribution in [0.2, 0.25) is 0 Å². The summed E-state index contributed by atoms with van der Waals surface area (Å²) in [6.45, 7) is 2.09. The quantitative estimate of drug-likeness (QED) is 0.879. The second-order valence-electron chi connectivity index (χ2n) is 4.54. The highest BCUT2D eigenvalue weighted by molar-refractivity contribution is 7.99. The topological polar surface area (TPSA) is 46.3 Å². The Morgan fingerprint density at radius 1 is 1.69 bits per heavy atom. The van der Waals surface area contributed by atoms with E-state index in [1.54, 1.807) is 6.26 Å². The fraction of sp³-hybridized carbons (Fsp3) is 0.750. The highest BCUT2D eigenvalue weighted by Gasteiger charge is 2.18. The smallest absolute Gasteiger partial charge is 0.194 e. The Bertz CT molecular complexity index is 321. The summed E-state index contributed by atoms with van der Waals surface area (Å²) in [5.41, 5.74) is 0.876. The van der Waals surface area contributed by atoms with Crippen molar-refractivity contribution in [3.05, 3.63) is 17.8 Å². The van der Waals surface area contributed by atoms with Gasteiger partial charge in [0.1, 0.15) is 6.26 Å². The summed E-state index contributed by atoms with van der Waals surface area (Å²) in [7, 11) is 0. The number of hydrogen-bond donors (Lipinski definition) is 1. The molecule has 2 unspecified atom stereocenters. The molecule has 2 rings (SSSR count). The van der Waals surface area contributed by atoms with E-state index in [2.05, 4.69) is 4.98 Å². The monoisotopic (exact) mass is 241 g/mol. The van der Waals surface area contributed by atoms with Gasteiger partial charge in [0.15, 0.2) is 5.89 Å². The molecule has 0 radical (unpaired) electrons. The van der Waals surface area contributed by atoms with Crippen LogP contribution in [0.15, 0.2) is 10.7 Å². The van der Waals surface area contributed by atoms with Crippen molar-refractivity contribution in [1.82, 2.24) is 4.98 Å². The number of rotatable bonds is 4. The summed E-state index contributed by atoms with van der Waals surface area (Å²) in [6, 6.07) is 0. The fourth-order valence-electron chi connectivity index (χ4n) is 1.95. The van der Waals surface area contributed by atoms with Gasteiger partial charge in [0.05, 0.1) is 12.3 Å². The van der Waals surface area contributed by atoms with Crippen LogP contribution < -0.4 is 0 Å². The van der Waals surface area contributed by atoms with E-state index in [0.717, 1.165) is 23.9 Å². The third-order valence-electron chi connectivity index (χ3n) is 3.07. The standard InChI is InChI=1S/C12H19NO2S/c1-9(6-14)11-7-15-12(13-11)5-10-3-2-4-16-8-10/h7,9-10,14H,2-6,8H2,1H3. The number of thioether (sulfide) groups is 1. The molecule has 1 saturated heterocycles. The van der Waals surface area contributed by atoms with E-state index < -0.39 is 0 Å². The van der Waals surface area contributed by atoms with Gasteiger partial charge in [0.25, 0.3) is 0 Å². The Morgan fingerprint density at radius 2 is 2.56 bits per heavy atom. The molecule has 0 saturated carbocycles. The number of nitrogens with zero attached hydrogens (tertiary/aromatic N) is 1. The summed E-state index contributed by atoms with van der Waals surface area (Å²) in [5.74, 6) is 4.16. The average molecular weight is 241 g/mol. The van der Waals surface area contributed by atoms with Gasteiger partial charge in [-0.3, -0.25) is 0 Å². The van der Waals surface area contributed by atoms with Crippen molar-refractivity contribution in [2.75, 3.05) is 18.1 Å². The first-order valence-electron chi connectivity index (χ1n) is 5.92. The number of aliphatic hydroxyl groups excluding tert-OH is 1. The maximum atomic E-state index is 9.03. The van der Waals surface area contributed by atoms with Crippen LogP contribution in [0.3, 0.4) is 0 Å². The highest BCUT2D eigenvalue weighted by Crippen LogP contribution is 2.26. The minimum atomic E-state index is 0.0817. The van der Waals surface area contributed by atoms with Gasteiger partial charge in [-0.25, -0.2) is 4.98 Å². The first-order chi connectivity index (χ1) is 7.79. The number of aliphatic hydroxyl groups is 1. The first kappa shape index (κ1) is 12.0. The van der Waals surface area contributed by atoms with E-state index in [1.165, 1.54) is 24.3 Å². The van der Waals surface area contributed by atoms with Crippen LogP contribution in [0.25, 0.3) is 0 Å². The molecule has 3 nitrogen and oxygen atoms in total. The molecule has 0 aliphatic carbocycles. The van der Waals surface area contributed by atoms with Gasteiger partial charge in [-0.1, -0.05) is 6.92 Å². The molecule has 2 atom stereocenters. The van der Waals surface area contributed by atoms with Crippen LogP contribution in [-0.2, 0) is 6.42 Å². The molecule has 1 aromatic rings. The lowest BCUT2D eigenvalue weighted by Gasteiger charge is -2.19. The zero-order valence-corrected chi connectivity index (χ0v) is 10.5. The number of hydrogen-bond acceptors (Lipinski definition) is 4. The van der Waals surface area contributed by atoms with Crippen molar-refractivity contribution in [2.45, 2.75) is 32.1 Å². The molecule has 4 heteroatoms. The zero-order chi connectivity index (χ0) is 11.4. The van der Waals surface area contributed by atoms with E-state index in [1.807, 2.05) is 18.7 Å². The van der Waals surface area contributed by atoms with E-state index in [4.69, 9.17) is 9.52 Å². The molecule has 1 aliphatic rings. The van der Waals surface area contributed by atoms with Crippen molar-refractivity contribution >= 4 is 11.8 Å². The fourth-order valence-corrected chi connectivity index (χ4v) is 3.11. The van der Waals surface area contributed by atoms with E-state index in [0.29, 0.717) is 0 Å². The normalized spacial score (nSPS) is 23.2. The molecule has 1 aromatic heterocycles. The van der Waals surface area contributed by atoms with E-state index >= 15 is 0 Å². The van der Waals surface area contributed by atoms with Gasteiger partial charge in [-0.15, -0.1) is 0 Å². The molecule has 0 spiro atoms. The average Bonchev–Trinajstić information content (AvgIpc) is 2.78. The minimum Gasteiger partial charge on any atom is -0.449 e. The van der Waals surface area contributed by atoms with Gasteiger partial charge in [-0.05, 0) is 30.3 Å². The SMILES string of the molecule is CC(CO)c1coc(CC2CCCSC2)n1. The molecule has 0 amide bonds. The number of oxazole rings is 1. The third-order valence-corrected chi connectivity index (χ3v) is 4.35. The summed E-state index contributed by atoms with van der Waals surface area (Å²) in [6.07, 6.45) is 5.24. The van der Waals surface area contributed by atoms with Crippen LogP contribution >= 0.6 is 11.8 Å². The Hall–Kier alpha value is -0.480. The maximum absolute atomic E-state index is 9.03. The van der Waals surface area contributed by atoms with Crippen molar-refractivity contribution in [3.8, 4) is 0 Å². The second kappa shape index (κ2) is 5.73. The molecule has 1 aliphatic heterocycles. The van der Waals surface area contributed by atoms with Crippen molar-refractivity contribution in [1.29, 1.82) is 0 Å². The summed E-state index contributed by atoms with van der Waals surface area (Å²) in [5, 5.41) is 9.03. The molecule has 1 N–H and O–H groups in total. The Balaban J connectivity index is 1.91. The van der Waals surface area contributed by atoms with Gasteiger partial charge in [-0.2, -0.15) is 11.8 Å². The van der Waals surface area contributed by atoms with Gasteiger partial charge in [0, 0.05) is 12.3 Å². The van der Waals surface area contributed by atoms with Gasteiger partial charge in [0.2, 0.25) is 0 Å². The predicted molar refractivity (Wildman–Crippen MR) is 65.8 cm³/mol. The second-order valence-corrected chi connectivity index (χ2v) is 5.69. The lowest BCUT2D eigenvalue weighted by atomic mass is 10.0. The van der Waals surface area contributed by atoms with E-state index in [-0.39, 0.29) is 12.5 Å². The van der Waals surface area contributed by atoms with Crippen LogP contribution in [0, 0.1) is 5.92 Å². The third kappa shape index (κ3) is 3.01. The highest BCUT2D eigenvalue weighted by atomic mass is 32.2. The lowest BCUT2D eigenvalue weighted by Crippen LogP contribution is -2.13. The number of aromatic nitrogens is 1. The van der Waals surface area contributed by atoms with Gasteiger partial charge >= 0.3 is 0 Å². The van der Waals surface area contributed by atoms with Crippen molar-refractivity contribution in [2.24, 2.45) is 5.92 Å². The lowest BCUT2D eigenvalue weighted by molar-refractivity contribution is 0.271. The maximum Gasteiger partial charge on any atom is 0.194 e. The Labute approximate surface area is 101 Å². The summed E-state index contributed by atoms with van der Waals surface area (Å²) in [4.78, 5) is 4.44.